The number of amides is 1. The second-order valence-electron chi connectivity index (χ2n) is 4.12. The average molecular weight is 238 g/mol. The van der Waals surface area contributed by atoms with Crippen molar-refractivity contribution in [3.8, 4) is 5.75 Å². The van der Waals surface area contributed by atoms with E-state index in [-0.39, 0.29) is 11.8 Å². The summed E-state index contributed by atoms with van der Waals surface area (Å²) in [7, 11) is 0. The van der Waals surface area contributed by atoms with Crippen LogP contribution in [0.15, 0.2) is 18.2 Å². The molecule has 1 amide bonds. The maximum atomic E-state index is 10.3. The van der Waals surface area contributed by atoms with Gasteiger partial charge in [-0.1, -0.05) is 19.9 Å². The van der Waals surface area contributed by atoms with Crippen LogP contribution < -0.4 is 10.6 Å². The standard InChI is InChI=1S/C12H18N2O3/c1-8(2)13-6-12(17)9-3-4-11(16)10(5-9)14-7-15/h3-5,7-8,12-13,16-17H,6H2,1-2H3,(H,14,15)/t12-/m0/s1. The Bertz CT molecular complexity index is 380. The van der Waals surface area contributed by atoms with Crippen LogP contribution in [-0.2, 0) is 4.79 Å². The molecule has 17 heavy (non-hydrogen) atoms. The minimum atomic E-state index is -0.676. The first-order valence-corrected chi connectivity index (χ1v) is 5.49. The van der Waals surface area contributed by atoms with Gasteiger partial charge >= 0.3 is 0 Å². The Kier molecular flexibility index (Phi) is 4.93. The number of phenols is 1. The van der Waals surface area contributed by atoms with Crippen LogP contribution in [0, 0.1) is 0 Å². The van der Waals surface area contributed by atoms with Gasteiger partial charge in [-0.3, -0.25) is 4.79 Å². The van der Waals surface area contributed by atoms with E-state index < -0.39 is 6.10 Å². The number of hydrogen-bond acceptors (Lipinski definition) is 4. The molecule has 1 atom stereocenters. The van der Waals surface area contributed by atoms with Crippen LogP contribution in [-0.4, -0.2) is 29.2 Å². The highest BCUT2D eigenvalue weighted by atomic mass is 16.3. The summed E-state index contributed by atoms with van der Waals surface area (Å²) in [6, 6.07) is 4.91. The molecule has 0 unspecified atom stereocenters. The molecular formula is C12H18N2O3. The molecule has 0 fully saturated rings. The fourth-order valence-corrected chi connectivity index (χ4v) is 1.41. The molecule has 0 heterocycles. The van der Waals surface area contributed by atoms with Gasteiger partial charge in [0.1, 0.15) is 5.75 Å². The third kappa shape index (κ3) is 4.05. The number of anilines is 1. The highest BCUT2D eigenvalue weighted by Crippen LogP contribution is 2.26. The van der Waals surface area contributed by atoms with Crippen molar-refractivity contribution >= 4 is 12.1 Å². The molecule has 1 aromatic rings. The lowest BCUT2D eigenvalue weighted by Gasteiger charge is -2.15. The fourth-order valence-electron chi connectivity index (χ4n) is 1.41. The molecule has 5 heteroatoms. The van der Waals surface area contributed by atoms with Crippen molar-refractivity contribution in [2.24, 2.45) is 0 Å². The number of rotatable bonds is 6. The van der Waals surface area contributed by atoms with E-state index in [1.54, 1.807) is 12.1 Å². The van der Waals surface area contributed by atoms with E-state index in [1.165, 1.54) is 6.07 Å². The molecule has 0 saturated heterocycles. The highest BCUT2D eigenvalue weighted by Gasteiger charge is 2.10. The van der Waals surface area contributed by atoms with Gasteiger partial charge < -0.3 is 20.8 Å². The summed E-state index contributed by atoms with van der Waals surface area (Å²) < 4.78 is 0. The van der Waals surface area contributed by atoms with E-state index in [0.29, 0.717) is 24.2 Å². The third-order valence-corrected chi connectivity index (χ3v) is 2.34. The lowest BCUT2D eigenvalue weighted by molar-refractivity contribution is -0.105. The number of nitrogens with one attached hydrogen (secondary N) is 2. The molecule has 0 bridgehead atoms. The maximum Gasteiger partial charge on any atom is 0.211 e. The highest BCUT2D eigenvalue weighted by molar-refractivity contribution is 5.75. The van der Waals surface area contributed by atoms with Gasteiger partial charge in [0.05, 0.1) is 11.8 Å². The van der Waals surface area contributed by atoms with Gasteiger partial charge in [0.2, 0.25) is 6.41 Å². The molecule has 0 radical (unpaired) electrons. The number of aromatic hydroxyl groups is 1. The molecule has 0 aliphatic rings. The van der Waals surface area contributed by atoms with Gasteiger partial charge in [0.15, 0.2) is 0 Å². The van der Waals surface area contributed by atoms with Crippen LogP contribution in [0.4, 0.5) is 5.69 Å². The quantitative estimate of drug-likeness (QED) is 0.440. The first-order chi connectivity index (χ1) is 8.04. The zero-order valence-electron chi connectivity index (χ0n) is 9.97. The van der Waals surface area contributed by atoms with E-state index in [0.717, 1.165) is 0 Å². The van der Waals surface area contributed by atoms with Crippen LogP contribution in [0.3, 0.4) is 0 Å². The van der Waals surface area contributed by atoms with Crippen molar-refractivity contribution in [3.05, 3.63) is 23.8 Å². The van der Waals surface area contributed by atoms with Crippen LogP contribution in [0.2, 0.25) is 0 Å². The second kappa shape index (κ2) is 6.22. The maximum absolute atomic E-state index is 10.3. The zero-order chi connectivity index (χ0) is 12.8. The number of carbonyl (C=O) groups is 1. The van der Waals surface area contributed by atoms with Crippen molar-refractivity contribution in [2.45, 2.75) is 26.0 Å². The average Bonchev–Trinajstić information content (AvgIpc) is 2.29. The number of hydrogen-bond donors (Lipinski definition) is 4. The van der Waals surface area contributed by atoms with Crippen molar-refractivity contribution in [2.75, 3.05) is 11.9 Å². The Balaban J connectivity index is 2.76. The van der Waals surface area contributed by atoms with Gasteiger partial charge in [-0.2, -0.15) is 0 Å². The third-order valence-electron chi connectivity index (χ3n) is 2.34. The molecular weight excluding hydrogens is 220 g/mol. The largest absolute Gasteiger partial charge is 0.506 e. The monoisotopic (exact) mass is 238 g/mol. The van der Waals surface area contributed by atoms with Crippen LogP contribution >= 0.6 is 0 Å². The summed E-state index contributed by atoms with van der Waals surface area (Å²) in [5, 5.41) is 24.8. The van der Waals surface area contributed by atoms with Crippen molar-refractivity contribution < 1.29 is 15.0 Å². The molecule has 0 aromatic heterocycles. The summed E-state index contributed by atoms with van der Waals surface area (Å²) >= 11 is 0. The normalized spacial score (nSPS) is 12.5. The summed E-state index contributed by atoms with van der Waals surface area (Å²) in [5.74, 6) is -0.0233. The van der Waals surface area contributed by atoms with Crippen molar-refractivity contribution in [3.63, 3.8) is 0 Å². The van der Waals surface area contributed by atoms with Gasteiger partial charge in [0, 0.05) is 12.6 Å². The van der Waals surface area contributed by atoms with Gasteiger partial charge in [-0.25, -0.2) is 0 Å². The van der Waals surface area contributed by atoms with Gasteiger partial charge in [-0.05, 0) is 17.7 Å². The molecule has 5 nitrogen and oxygen atoms in total. The van der Waals surface area contributed by atoms with E-state index in [2.05, 4.69) is 10.6 Å². The van der Waals surface area contributed by atoms with Gasteiger partial charge in [-0.15, -0.1) is 0 Å². The number of aliphatic hydroxyl groups is 1. The Morgan fingerprint density at radius 3 is 2.71 bits per heavy atom. The van der Waals surface area contributed by atoms with Crippen LogP contribution in [0.25, 0.3) is 0 Å². The number of carbonyl (C=O) groups excluding carboxylic acids is 1. The Hall–Kier alpha value is -1.59. The summed E-state index contributed by atoms with van der Waals surface area (Å²) in [6.45, 7) is 4.40. The van der Waals surface area contributed by atoms with E-state index in [1.807, 2.05) is 13.8 Å². The SMILES string of the molecule is CC(C)NC[C@H](O)c1ccc(O)c(NC=O)c1. The number of benzene rings is 1. The first-order valence-electron chi connectivity index (χ1n) is 5.49. The Morgan fingerprint density at radius 2 is 2.12 bits per heavy atom. The van der Waals surface area contributed by atoms with Crippen LogP contribution in [0.1, 0.15) is 25.5 Å². The minimum absolute atomic E-state index is 0.0233. The molecule has 0 aliphatic carbocycles. The predicted molar refractivity (Wildman–Crippen MR) is 65.9 cm³/mol. The molecule has 0 aliphatic heterocycles. The summed E-state index contributed by atoms with van der Waals surface area (Å²) in [5.41, 5.74) is 0.932. The van der Waals surface area contributed by atoms with E-state index >= 15 is 0 Å². The summed E-state index contributed by atoms with van der Waals surface area (Å²) in [4.78, 5) is 10.3. The molecule has 4 N–H and O–H groups in total. The van der Waals surface area contributed by atoms with E-state index in [4.69, 9.17) is 0 Å². The smallest absolute Gasteiger partial charge is 0.211 e. The Labute approximate surface area is 100 Å². The number of aliphatic hydroxyl groups excluding tert-OH is 1. The molecule has 94 valence electrons. The zero-order valence-corrected chi connectivity index (χ0v) is 9.97. The molecule has 1 rings (SSSR count). The topological polar surface area (TPSA) is 81.6 Å². The molecule has 0 saturated carbocycles. The van der Waals surface area contributed by atoms with Gasteiger partial charge in [0.25, 0.3) is 0 Å². The lowest BCUT2D eigenvalue weighted by atomic mass is 10.1. The van der Waals surface area contributed by atoms with Crippen molar-refractivity contribution in [1.29, 1.82) is 0 Å². The van der Waals surface area contributed by atoms with E-state index in [9.17, 15) is 15.0 Å². The summed E-state index contributed by atoms with van der Waals surface area (Å²) in [6.07, 6.45) is -0.192. The fraction of sp³-hybridized carbons (Fsp3) is 0.417. The second-order valence-corrected chi connectivity index (χ2v) is 4.12. The molecule has 0 spiro atoms. The number of phenolic OH excluding ortho intramolecular Hbond substituents is 1. The molecule has 1 aromatic carbocycles. The van der Waals surface area contributed by atoms with Crippen molar-refractivity contribution in [1.82, 2.24) is 5.32 Å². The van der Waals surface area contributed by atoms with Crippen LogP contribution in [0.5, 0.6) is 5.75 Å². The first kappa shape index (κ1) is 13.5. The predicted octanol–water partition coefficient (Wildman–Crippen LogP) is 0.992. The Morgan fingerprint density at radius 1 is 1.41 bits per heavy atom. The lowest BCUT2D eigenvalue weighted by Crippen LogP contribution is -2.27. The minimum Gasteiger partial charge on any atom is -0.506 e.